The predicted octanol–water partition coefficient (Wildman–Crippen LogP) is 2.61. The zero-order valence-electron chi connectivity index (χ0n) is 15.2. The first kappa shape index (κ1) is 18.6. The highest BCUT2D eigenvalue weighted by atomic mass is 16.5. The number of anilines is 1. The molecule has 0 radical (unpaired) electrons. The van der Waals surface area contributed by atoms with Gasteiger partial charge in [0.2, 0.25) is 0 Å². The van der Waals surface area contributed by atoms with Gasteiger partial charge in [0, 0.05) is 6.04 Å². The fraction of sp³-hybridized carbons (Fsp3) is 0.286. The van der Waals surface area contributed by atoms with Crippen LogP contribution in [-0.2, 0) is 20.7 Å². The normalized spacial score (nSPS) is 12.9. The van der Waals surface area contributed by atoms with E-state index in [0.29, 0.717) is 11.3 Å². The van der Waals surface area contributed by atoms with Crippen LogP contribution in [0.1, 0.15) is 34.3 Å². The summed E-state index contributed by atoms with van der Waals surface area (Å²) >= 11 is 0. The minimum absolute atomic E-state index is 0.111. The molecule has 0 unspecified atom stereocenters. The van der Waals surface area contributed by atoms with E-state index in [9.17, 15) is 14.4 Å². The second-order valence-corrected chi connectivity index (χ2v) is 6.61. The summed E-state index contributed by atoms with van der Waals surface area (Å²) in [5.74, 6) is -1.18. The largest absolute Gasteiger partial charge is 0.455 e. The molecule has 2 aromatic rings. The third-order valence-corrected chi connectivity index (χ3v) is 4.32. The maximum absolute atomic E-state index is 12.3. The molecular weight excluding hydrogens is 344 g/mol. The van der Waals surface area contributed by atoms with Crippen LogP contribution in [0.3, 0.4) is 0 Å². The topological polar surface area (TPSA) is 84.5 Å². The van der Waals surface area contributed by atoms with Gasteiger partial charge in [0.05, 0.1) is 17.7 Å². The lowest BCUT2D eigenvalue weighted by Crippen LogP contribution is -2.28. The molecule has 6 heteroatoms. The number of nitrogens with one attached hydrogen (secondary N) is 2. The van der Waals surface area contributed by atoms with Gasteiger partial charge in [-0.05, 0) is 43.0 Å². The molecule has 27 heavy (non-hydrogen) atoms. The molecule has 0 bridgehead atoms. The first-order chi connectivity index (χ1) is 13.0. The zero-order chi connectivity index (χ0) is 19.2. The SMILES string of the molecule is Cc1ccccc1CC(=O)OCC(=O)Nc1ccccc1C(=O)NC1CC1. The Labute approximate surface area is 157 Å². The number of esters is 1. The highest BCUT2D eigenvalue weighted by Gasteiger charge is 2.25. The molecule has 0 aliphatic heterocycles. The first-order valence-electron chi connectivity index (χ1n) is 8.93. The third-order valence-electron chi connectivity index (χ3n) is 4.32. The lowest BCUT2D eigenvalue weighted by atomic mass is 10.1. The Kier molecular flexibility index (Phi) is 5.86. The van der Waals surface area contributed by atoms with Crippen LogP contribution in [0.2, 0.25) is 0 Å². The molecular formula is C21H22N2O4. The van der Waals surface area contributed by atoms with Crippen LogP contribution in [0, 0.1) is 6.92 Å². The van der Waals surface area contributed by atoms with Crippen molar-refractivity contribution in [1.82, 2.24) is 5.32 Å². The molecule has 1 aliphatic carbocycles. The number of hydrogen-bond acceptors (Lipinski definition) is 4. The van der Waals surface area contributed by atoms with E-state index < -0.39 is 18.5 Å². The lowest BCUT2D eigenvalue weighted by molar-refractivity contribution is -0.146. The molecule has 6 nitrogen and oxygen atoms in total. The number of hydrogen-bond donors (Lipinski definition) is 2. The zero-order valence-corrected chi connectivity index (χ0v) is 15.2. The van der Waals surface area contributed by atoms with Crippen LogP contribution in [0.25, 0.3) is 0 Å². The van der Waals surface area contributed by atoms with Crippen LogP contribution in [-0.4, -0.2) is 30.4 Å². The van der Waals surface area contributed by atoms with Crippen molar-refractivity contribution in [2.75, 3.05) is 11.9 Å². The smallest absolute Gasteiger partial charge is 0.310 e. The fourth-order valence-electron chi connectivity index (χ4n) is 2.63. The van der Waals surface area contributed by atoms with Crippen LogP contribution in [0.5, 0.6) is 0 Å². The number of ether oxygens (including phenoxy) is 1. The van der Waals surface area contributed by atoms with Gasteiger partial charge in [0.25, 0.3) is 11.8 Å². The molecule has 0 heterocycles. The Morgan fingerprint density at radius 3 is 2.48 bits per heavy atom. The number of carbonyl (C=O) groups is 3. The number of aryl methyl sites for hydroxylation is 1. The van der Waals surface area contributed by atoms with Crippen LogP contribution >= 0.6 is 0 Å². The monoisotopic (exact) mass is 366 g/mol. The van der Waals surface area contributed by atoms with Gasteiger partial charge in [0.1, 0.15) is 0 Å². The van der Waals surface area contributed by atoms with E-state index in [4.69, 9.17) is 4.74 Å². The van der Waals surface area contributed by atoms with E-state index in [1.165, 1.54) is 0 Å². The Balaban J connectivity index is 1.52. The average molecular weight is 366 g/mol. The number of benzene rings is 2. The van der Waals surface area contributed by atoms with Gasteiger partial charge in [-0.1, -0.05) is 36.4 Å². The molecule has 1 aliphatic rings. The minimum atomic E-state index is -0.486. The van der Waals surface area contributed by atoms with Gasteiger partial charge in [-0.2, -0.15) is 0 Å². The summed E-state index contributed by atoms with van der Waals surface area (Å²) in [6.45, 7) is 1.52. The molecule has 2 amide bonds. The van der Waals surface area contributed by atoms with Crippen molar-refractivity contribution in [2.45, 2.75) is 32.2 Å². The summed E-state index contributed by atoms with van der Waals surface area (Å²) in [4.78, 5) is 36.3. The molecule has 1 saturated carbocycles. The van der Waals surface area contributed by atoms with Gasteiger partial charge >= 0.3 is 5.97 Å². The second kappa shape index (κ2) is 8.49. The molecule has 0 spiro atoms. The summed E-state index contributed by atoms with van der Waals surface area (Å²) in [6.07, 6.45) is 2.08. The van der Waals surface area contributed by atoms with Crippen molar-refractivity contribution in [2.24, 2.45) is 0 Å². The van der Waals surface area contributed by atoms with E-state index in [2.05, 4.69) is 10.6 Å². The predicted molar refractivity (Wildman–Crippen MR) is 101 cm³/mol. The van der Waals surface area contributed by atoms with Crippen molar-refractivity contribution >= 4 is 23.5 Å². The van der Waals surface area contributed by atoms with E-state index in [1.807, 2.05) is 31.2 Å². The Bertz CT molecular complexity index is 859. The Hall–Kier alpha value is -3.15. The molecule has 2 aromatic carbocycles. The van der Waals surface area contributed by atoms with Crippen molar-refractivity contribution in [3.8, 4) is 0 Å². The molecule has 0 atom stereocenters. The molecule has 2 N–H and O–H groups in total. The van der Waals surface area contributed by atoms with Crippen molar-refractivity contribution < 1.29 is 19.1 Å². The highest BCUT2D eigenvalue weighted by molar-refractivity contribution is 6.04. The lowest BCUT2D eigenvalue weighted by Gasteiger charge is -2.11. The molecule has 0 saturated heterocycles. The second-order valence-electron chi connectivity index (χ2n) is 6.61. The number of para-hydroxylation sites is 1. The van der Waals surface area contributed by atoms with Crippen molar-refractivity contribution in [1.29, 1.82) is 0 Å². The van der Waals surface area contributed by atoms with E-state index in [0.717, 1.165) is 24.0 Å². The highest BCUT2D eigenvalue weighted by Crippen LogP contribution is 2.21. The Morgan fingerprint density at radius 1 is 1.04 bits per heavy atom. The van der Waals surface area contributed by atoms with Gasteiger partial charge in [-0.3, -0.25) is 14.4 Å². The molecule has 3 rings (SSSR count). The number of amides is 2. The third kappa shape index (κ3) is 5.41. The van der Waals surface area contributed by atoms with Gasteiger partial charge in [0.15, 0.2) is 6.61 Å². The summed E-state index contributed by atoms with van der Waals surface area (Å²) in [5, 5.41) is 5.53. The summed E-state index contributed by atoms with van der Waals surface area (Å²) in [5.41, 5.74) is 2.65. The van der Waals surface area contributed by atoms with Crippen LogP contribution in [0.15, 0.2) is 48.5 Å². The van der Waals surface area contributed by atoms with Crippen molar-refractivity contribution in [3.05, 3.63) is 65.2 Å². The number of rotatable bonds is 7. The maximum Gasteiger partial charge on any atom is 0.310 e. The standard InChI is InChI=1S/C21H22N2O4/c1-14-6-2-3-7-15(14)12-20(25)27-13-19(24)23-18-9-5-4-8-17(18)21(26)22-16-10-11-16/h2-9,16H,10-13H2,1H3,(H,22,26)(H,23,24). The van der Waals surface area contributed by atoms with E-state index in [1.54, 1.807) is 24.3 Å². The van der Waals surface area contributed by atoms with Crippen molar-refractivity contribution in [3.63, 3.8) is 0 Å². The van der Waals surface area contributed by atoms with Crippen LogP contribution in [0.4, 0.5) is 5.69 Å². The molecule has 0 aromatic heterocycles. The first-order valence-corrected chi connectivity index (χ1v) is 8.93. The molecule has 140 valence electrons. The van der Waals surface area contributed by atoms with E-state index >= 15 is 0 Å². The van der Waals surface area contributed by atoms with E-state index in [-0.39, 0.29) is 18.4 Å². The summed E-state index contributed by atoms with van der Waals surface area (Å²) < 4.78 is 5.06. The maximum atomic E-state index is 12.3. The van der Waals surface area contributed by atoms with Gasteiger partial charge in [-0.15, -0.1) is 0 Å². The molecule has 1 fully saturated rings. The summed E-state index contributed by atoms with van der Waals surface area (Å²) in [7, 11) is 0. The summed E-state index contributed by atoms with van der Waals surface area (Å²) in [6, 6.07) is 14.5. The minimum Gasteiger partial charge on any atom is -0.455 e. The number of carbonyl (C=O) groups excluding carboxylic acids is 3. The Morgan fingerprint density at radius 2 is 1.74 bits per heavy atom. The average Bonchev–Trinajstić information content (AvgIpc) is 3.46. The van der Waals surface area contributed by atoms with Gasteiger partial charge < -0.3 is 15.4 Å². The van der Waals surface area contributed by atoms with Crippen LogP contribution < -0.4 is 10.6 Å². The van der Waals surface area contributed by atoms with Gasteiger partial charge in [-0.25, -0.2) is 0 Å². The quantitative estimate of drug-likeness (QED) is 0.738. The fourth-order valence-corrected chi connectivity index (χ4v) is 2.63.